The number of likely N-dealkylation sites (N-methyl/N-ethyl adjacent to an activating group) is 1. The Labute approximate surface area is 88.7 Å². The molecule has 0 radical (unpaired) electrons. The zero-order chi connectivity index (χ0) is 10.1. The monoisotopic (exact) mass is 209 g/mol. The highest BCUT2D eigenvalue weighted by molar-refractivity contribution is 7.99. The first-order valence-electron chi connectivity index (χ1n) is 4.81. The molecule has 0 aliphatic carbocycles. The summed E-state index contributed by atoms with van der Waals surface area (Å²) >= 11 is 1.83. The molecule has 1 aromatic carbocycles. The van der Waals surface area contributed by atoms with Gasteiger partial charge in [0.2, 0.25) is 0 Å². The number of hydrogen-bond acceptors (Lipinski definition) is 3. The van der Waals surface area contributed by atoms with E-state index in [0.717, 1.165) is 11.3 Å². The number of aliphatic hydroxyl groups excluding tert-OH is 1. The Kier molecular flexibility index (Phi) is 2.81. The zero-order valence-electron chi connectivity index (χ0n) is 8.45. The van der Waals surface area contributed by atoms with E-state index >= 15 is 0 Å². The molecule has 0 saturated carbocycles. The second kappa shape index (κ2) is 3.93. The van der Waals surface area contributed by atoms with Gasteiger partial charge in [-0.25, -0.2) is 0 Å². The first-order valence-corrected chi connectivity index (χ1v) is 5.80. The van der Waals surface area contributed by atoms with Gasteiger partial charge in [0, 0.05) is 16.7 Å². The number of benzene rings is 1. The summed E-state index contributed by atoms with van der Waals surface area (Å²) in [6.07, 6.45) is -0.365. The normalized spacial score (nSPS) is 25.9. The van der Waals surface area contributed by atoms with Crippen molar-refractivity contribution in [2.75, 3.05) is 12.8 Å². The second-order valence-corrected chi connectivity index (χ2v) is 4.67. The smallest absolute Gasteiger partial charge is 0.0961 e. The summed E-state index contributed by atoms with van der Waals surface area (Å²) in [5.41, 5.74) is 2.33. The minimum Gasteiger partial charge on any atom is -0.387 e. The van der Waals surface area contributed by atoms with Crippen LogP contribution in [0.5, 0.6) is 0 Å². The van der Waals surface area contributed by atoms with Gasteiger partial charge in [0.15, 0.2) is 0 Å². The fourth-order valence-corrected chi connectivity index (χ4v) is 3.17. The number of fused-ring (bicyclic) bond motifs is 1. The molecular weight excluding hydrogens is 194 g/mol. The molecule has 2 atom stereocenters. The number of thioether (sulfide) groups is 1. The molecule has 1 aliphatic heterocycles. The number of nitrogens with one attached hydrogen (secondary N) is 1. The van der Waals surface area contributed by atoms with Gasteiger partial charge in [0.25, 0.3) is 0 Å². The van der Waals surface area contributed by atoms with Crippen molar-refractivity contribution in [1.29, 1.82) is 0 Å². The van der Waals surface area contributed by atoms with Crippen molar-refractivity contribution in [3.8, 4) is 0 Å². The number of rotatable bonds is 1. The van der Waals surface area contributed by atoms with Crippen molar-refractivity contribution in [3.63, 3.8) is 0 Å². The van der Waals surface area contributed by atoms with E-state index in [9.17, 15) is 5.11 Å². The van der Waals surface area contributed by atoms with Gasteiger partial charge in [-0.05, 0) is 25.1 Å². The molecule has 2 N–H and O–H groups in total. The van der Waals surface area contributed by atoms with Gasteiger partial charge < -0.3 is 10.4 Å². The minimum absolute atomic E-state index is 0.175. The van der Waals surface area contributed by atoms with Crippen LogP contribution in [0.4, 0.5) is 0 Å². The maximum absolute atomic E-state index is 10.1. The van der Waals surface area contributed by atoms with Crippen LogP contribution in [-0.4, -0.2) is 23.9 Å². The van der Waals surface area contributed by atoms with Crippen molar-refractivity contribution in [2.24, 2.45) is 0 Å². The van der Waals surface area contributed by atoms with Crippen molar-refractivity contribution in [1.82, 2.24) is 5.32 Å². The Balaban J connectivity index is 2.41. The lowest BCUT2D eigenvalue weighted by molar-refractivity contribution is 0.137. The lowest BCUT2D eigenvalue weighted by Crippen LogP contribution is -2.36. The number of hydrogen-bond donors (Lipinski definition) is 2. The summed E-state index contributed by atoms with van der Waals surface area (Å²) in [5, 5.41) is 13.2. The summed E-state index contributed by atoms with van der Waals surface area (Å²) in [5.74, 6) is 0.940. The molecule has 0 spiro atoms. The van der Waals surface area contributed by atoms with Gasteiger partial charge in [-0.2, -0.15) is 0 Å². The van der Waals surface area contributed by atoms with E-state index < -0.39 is 0 Å². The van der Waals surface area contributed by atoms with E-state index in [4.69, 9.17) is 0 Å². The fraction of sp³-hybridized carbons (Fsp3) is 0.455. The summed E-state index contributed by atoms with van der Waals surface area (Å²) < 4.78 is 0. The molecule has 3 heteroatoms. The van der Waals surface area contributed by atoms with E-state index in [1.54, 1.807) is 0 Å². The third-order valence-electron chi connectivity index (χ3n) is 2.72. The first-order chi connectivity index (χ1) is 6.74. The molecular formula is C11H15NOS. The minimum atomic E-state index is -0.365. The third-order valence-corrected chi connectivity index (χ3v) is 4.09. The highest BCUT2D eigenvalue weighted by Gasteiger charge is 2.27. The molecule has 1 heterocycles. The van der Waals surface area contributed by atoms with Crippen molar-refractivity contribution in [2.45, 2.75) is 24.0 Å². The molecule has 2 unspecified atom stereocenters. The molecule has 0 fully saturated rings. The van der Waals surface area contributed by atoms with Crippen molar-refractivity contribution < 1.29 is 5.11 Å². The van der Waals surface area contributed by atoms with E-state index in [0.29, 0.717) is 0 Å². The van der Waals surface area contributed by atoms with Crippen LogP contribution in [0.25, 0.3) is 0 Å². The van der Waals surface area contributed by atoms with Gasteiger partial charge in [0.05, 0.1) is 6.10 Å². The molecule has 0 amide bonds. The summed E-state index contributed by atoms with van der Waals surface area (Å²) in [6.45, 7) is 2.10. The molecule has 2 nitrogen and oxygen atoms in total. The SMILES string of the molecule is CNC1CSc2c(C)cccc2C1O. The third kappa shape index (κ3) is 1.56. The Morgan fingerprint density at radius 2 is 2.29 bits per heavy atom. The van der Waals surface area contributed by atoms with Gasteiger partial charge in [0.1, 0.15) is 0 Å². The molecule has 0 bridgehead atoms. The van der Waals surface area contributed by atoms with E-state index in [1.165, 1.54) is 10.5 Å². The van der Waals surface area contributed by atoms with Gasteiger partial charge in [-0.1, -0.05) is 18.2 Å². The Morgan fingerprint density at radius 3 is 3.00 bits per heavy atom. The maximum Gasteiger partial charge on any atom is 0.0961 e. The second-order valence-electron chi connectivity index (χ2n) is 3.64. The quantitative estimate of drug-likeness (QED) is 0.738. The van der Waals surface area contributed by atoms with E-state index in [2.05, 4.69) is 18.3 Å². The Hall–Kier alpha value is -0.510. The molecule has 2 rings (SSSR count). The van der Waals surface area contributed by atoms with Gasteiger partial charge in [-0.15, -0.1) is 11.8 Å². The van der Waals surface area contributed by atoms with Crippen LogP contribution < -0.4 is 5.32 Å². The number of aryl methyl sites for hydroxylation is 1. The number of aliphatic hydroxyl groups is 1. The van der Waals surface area contributed by atoms with Crippen LogP contribution in [0.1, 0.15) is 17.2 Å². The predicted molar refractivity (Wildman–Crippen MR) is 59.7 cm³/mol. The Bertz CT molecular complexity index is 340. The van der Waals surface area contributed by atoms with Crippen LogP contribution in [0.3, 0.4) is 0 Å². The van der Waals surface area contributed by atoms with Crippen LogP contribution in [-0.2, 0) is 0 Å². The standard InChI is InChI=1S/C11H15NOS/c1-7-4-3-5-8-10(13)9(12-2)6-14-11(7)8/h3-5,9-10,12-13H,6H2,1-2H3. The lowest BCUT2D eigenvalue weighted by Gasteiger charge is -2.30. The predicted octanol–water partition coefficient (Wildman–Crippen LogP) is 1.72. The average Bonchev–Trinajstić information content (AvgIpc) is 2.20. The Morgan fingerprint density at radius 1 is 1.50 bits per heavy atom. The summed E-state index contributed by atoms with van der Waals surface area (Å²) in [7, 11) is 1.90. The van der Waals surface area contributed by atoms with Gasteiger partial charge in [-0.3, -0.25) is 0 Å². The van der Waals surface area contributed by atoms with E-state index in [1.807, 2.05) is 30.9 Å². The maximum atomic E-state index is 10.1. The summed E-state index contributed by atoms with van der Waals surface area (Å²) in [6, 6.07) is 6.30. The van der Waals surface area contributed by atoms with Crippen LogP contribution in [0.15, 0.2) is 23.1 Å². The van der Waals surface area contributed by atoms with Crippen LogP contribution in [0, 0.1) is 6.92 Å². The highest BCUT2D eigenvalue weighted by atomic mass is 32.2. The molecule has 1 aliphatic rings. The topological polar surface area (TPSA) is 32.3 Å². The molecule has 0 aromatic heterocycles. The van der Waals surface area contributed by atoms with Crippen LogP contribution >= 0.6 is 11.8 Å². The van der Waals surface area contributed by atoms with Crippen LogP contribution in [0.2, 0.25) is 0 Å². The molecule has 14 heavy (non-hydrogen) atoms. The fourth-order valence-electron chi connectivity index (χ4n) is 1.83. The van der Waals surface area contributed by atoms with Crippen molar-refractivity contribution >= 4 is 11.8 Å². The summed E-state index contributed by atoms with van der Waals surface area (Å²) in [4.78, 5) is 1.26. The highest BCUT2D eigenvalue weighted by Crippen LogP contribution is 2.37. The molecule has 1 aromatic rings. The van der Waals surface area contributed by atoms with E-state index in [-0.39, 0.29) is 12.1 Å². The first kappa shape index (κ1) is 10.0. The zero-order valence-corrected chi connectivity index (χ0v) is 9.27. The molecule has 0 saturated heterocycles. The van der Waals surface area contributed by atoms with Gasteiger partial charge >= 0.3 is 0 Å². The van der Waals surface area contributed by atoms with Crippen molar-refractivity contribution in [3.05, 3.63) is 29.3 Å². The average molecular weight is 209 g/mol. The molecule has 76 valence electrons. The lowest BCUT2D eigenvalue weighted by atomic mass is 10.0. The largest absolute Gasteiger partial charge is 0.387 e.